The van der Waals surface area contributed by atoms with Crippen LogP contribution in [0.1, 0.15) is 36.6 Å². The van der Waals surface area contributed by atoms with E-state index in [0.29, 0.717) is 24.7 Å². The highest BCUT2D eigenvalue weighted by Crippen LogP contribution is 2.09. The van der Waals surface area contributed by atoms with Gasteiger partial charge in [-0.1, -0.05) is 0 Å². The summed E-state index contributed by atoms with van der Waals surface area (Å²) >= 11 is 5.58. The third-order valence-electron chi connectivity index (χ3n) is 2.08. The summed E-state index contributed by atoms with van der Waals surface area (Å²) in [7, 11) is 0. The molecule has 0 unspecified atom stereocenters. The number of amides is 1. The van der Waals surface area contributed by atoms with Crippen molar-refractivity contribution in [3.63, 3.8) is 0 Å². The predicted octanol–water partition coefficient (Wildman–Crippen LogP) is 2.56. The lowest BCUT2D eigenvalue weighted by atomic mass is 10.4. The van der Waals surface area contributed by atoms with Gasteiger partial charge in [0.2, 0.25) is 0 Å². The van der Waals surface area contributed by atoms with E-state index < -0.39 is 0 Å². The second-order valence-electron chi connectivity index (χ2n) is 3.93. The second kappa shape index (κ2) is 7.35. The smallest absolute Gasteiger partial charge is 0.286 e. The first-order valence-corrected chi connectivity index (χ1v) is 6.21. The maximum Gasteiger partial charge on any atom is 0.286 e. The minimum atomic E-state index is -0.217. The minimum absolute atomic E-state index is 0.217. The first kappa shape index (κ1) is 14.1. The van der Waals surface area contributed by atoms with Crippen LogP contribution in [0.3, 0.4) is 0 Å². The molecule has 1 N–H and O–H groups in total. The molecule has 1 amide bonds. The molecule has 0 aliphatic rings. The van der Waals surface area contributed by atoms with Crippen molar-refractivity contribution in [2.75, 3.05) is 13.2 Å². The highest BCUT2D eigenvalue weighted by atomic mass is 35.5. The van der Waals surface area contributed by atoms with Crippen molar-refractivity contribution >= 4 is 17.5 Å². The van der Waals surface area contributed by atoms with Crippen molar-refractivity contribution in [1.82, 2.24) is 5.32 Å². The van der Waals surface area contributed by atoms with Crippen LogP contribution in [-0.2, 0) is 10.6 Å². The molecule has 0 bridgehead atoms. The maximum atomic E-state index is 11.6. The Balaban J connectivity index is 2.21. The SMILES string of the molecule is CC(C)OCCCNC(=O)c1ccc(CCl)o1. The van der Waals surface area contributed by atoms with E-state index in [4.69, 9.17) is 20.8 Å². The summed E-state index contributed by atoms with van der Waals surface area (Å²) in [5.41, 5.74) is 0. The van der Waals surface area contributed by atoms with Crippen LogP contribution in [0.4, 0.5) is 0 Å². The number of carbonyl (C=O) groups excluding carboxylic acids is 1. The summed E-state index contributed by atoms with van der Waals surface area (Å²) in [6, 6.07) is 3.32. The predicted molar refractivity (Wildman–Crippen MR) is 66.3 cm³/mol. The standard InChI is InChI=1S/C12H18ClNO3/c1-9(2)16-7-3-6-14-12(15)11-5-4-10(8-13)17-11/h4-5,9H,3,6-8H2,1-2H3,(H,14,15). The number of nitrogens with one attached hydrogen (secondary N) is 1. The molecule has 17 heavy (non-hydrogen) atoms. The summed E-state index contributed by atoms with van der Waals surface area (Å²) in [5, 5.41) is 2.75. The van der Waals surface area contributed by atoms with Gasteiger partial charge in [-0.05, 0) is 32.4 Å². The third kappa shape index (κ3) is 5.24. The number of carbonyl (C=O) groups is 1. The van der Waals surface area contributed by atoms with Gasteiger partial charge in [-0.25, -0.2) is 0 Å². The first-order valence-electron chi connectivity index (χ1n) is 5.68. The van der Waals surface area contributed by atoms with Gasteiger partial charge in [0.25, 0.3) is 5.91 Å². The zero-order valence-corrected chi connectivity index (χ0v) is 10.9. The van der Waals surface area contributed by atoms with Crippen LogP contribution in [0.15, 0.2) is 16.5 Å². The number of alkyl halides is 1. The monoisotopic (exact) mass is 259 g/mol. The average molecular weight is 260 g/mol. The fraction of sp³-hybridized carbons (Fsp3) is 0.583. The zero-order valence-electron chi connectivity index (χ0n) is 10.2. The van der Waals surface area contributed by atoms with Crippen molar-refractivity contribution in [3.05, 3.63) is 23.7 Å². The average Bonchev–Trinajstić information content (AvgIpc) is 2.76. The van der Waals surface area contributed by atoms with Gasteiger partial charge in [0.15, 0.2) is 5.76 Å². The molecule has 0 fully saturated rings. The lowest BCUT2D eigenvalue weighted by Crippen LogP contribution is -2.25. The van der Waals surface area contributed by atoms with Crippen LogP contribution in [0.2, 0.25) is 0 Å². The number of hydrogen-bond donors (Lipinski definition) is 1. The molecule has 0 radical (unpaired) electrons. The topological polar surface area (TPSA) is 51.5 Å². The Morgan fingerprint density at radius 3 is 2.88 bits per heavy atom. The quantitative estimate of drug-likeness (QED) is 0.605. The van der Waals surface area contributed by atoms with Crippen molar-refractivity contribution in [1.29, 1.82) is 0 Å². The van der Waals surface area contributed by atoms with Crippen LogP contribution >= 0.6 is 11.6 Å². The van der Waals surface area contributed by atoms with Gasteiger partial charge in [0.05, 0.1) is 12.0 Å². The normalized spacial score (nSPS) is 10.8. The first-order chi connectivity index (χ1) is 8.13. The van der Waals surface area contributed by atoms with E-state index in [2.05, 4.69) is 5.32 Å². The lowest BCUT2D eigenvalue weighted by Gasteiger charge is -2.07. The Kier molecular flexibility index (Phi) is 6.08. The van der Waals surface area contributed by atoms with E-state index in [9.17, 15) is 4.79 Å². The Bertz CT molecular complexity index is 349. The summed E-state index contributed by atoms with van der Waals surface area (Å²) in [6.07, 6.45) is 1.01. The van der Waals surface area contributed by atoms with E-state index >= 15 is 0 Å². The molecule has 1 aromatic rings. The van der Waals surface area contributed by atoms with E-state index in [1.165, 1.54) is 0 Å². The van der Waals surface area contributed by atoms with Crippen LogP contribution in [0.25, 0.3) is 0 Å². The Morgan fingerprint density at radius 1 is 1.53 bits per heavy atom. The van der Waals surface area contributed by atoms with Crippen LogP contribution < -0.4 is 5.32 Å². The third-order valence-corrected chi connectivity index (χ3v) is 2.34. The van der Waals surface area contributed by atoms with Crippen LogP contribution in [-0.4, -0.2) is 25.2 Å². The molecule has 4 nitrogen and oxygen atoms in total. The van der Waals surface area contributed by atoms with Crippen molar-refractivity contribution < 1.29 is 13.9 Å². The molecule has 0 aliphatic heterocycles. The molecule has 0 saturated heterocycles. The zero-order chi connectivity index (χ0) is 12.7. The van der Waals surface area contributed by atoms with Crippen molar-refractivity contribution in [2.45, 2.75) is 32.3 Å². The number of hydrogen-bond acceptors (Lipinski definition) is 3. The Labute approximate surface area is 106 Å². The van der Waals surface area contributed by atoms with Gasteiger partial charge < -0.3 is 14.5 Å². The van der Waals surface area contributed by atoms with E-state index in [1.807, 2.05) is 13.8 Å². The molecule has 1 aromatic heterocycles. The van der Waals surface area contributed by atoms with E-state index in [0.717, 1.165) is 6.42 Å². The highest BCUT2D eigenvalue weighted by molar-refractivity contribution is 6.16. The van der Waals surface area contributed by atoms with E-state index in [1.54, 1.807) is 12.1 Å². The number of halogens is 1. The van der Waals surface area contributed by atoms with Gasteiger partial charge in [-0.15, -0.1) is 11.6 Å². The molecule has 0 saturated carbocycles. The fourth-order valence-corrected chi connectivity index (χ4v) is 1.40. The Hall–Kier alpha value is -1.00. The van der Waals surface area contributed by atoms with Gasteiger partial charge in [0.1, 0.15) is 5.76 Å². The molecule has 1 rings (SSSR count). The molecular formula is C12H18ClNO3. The van der Waals surface area contributed by atoms with Crippen LogP contribution in [0.5, 0.6) is 0 Å². The van der Waals surface area contributed by atoms with E-state index in [-0.39, 0.29) is 17.9 Å². The number of rotatable bonds is 7. The summed E-state index contributed by atoms with van der Waals surface area (Å²) in [4.78, 5) is 11.6. The van der Waals surface area contributed by atoms with Crippen LogP contribution in [0, 0.1) is 0 Å². The van der Waals surface area contributed by atoms with Gasteiger partial charge in [-0.2, -0.15) is 0 Å². The number of ether oxygens (including phenoxy) is 1. The molecular weight excluding hydrogens is 242 g/mol. The van der Waals surface area contributed by atoms with Crippen molar-refractivity contribution in [3.8, 4) is 0 Å². The van der Waals surface area contributed by atoms with Gasteiger partial charge in [0, 0.05) is 13.2 Å². The Morgan fingerprint density at radius 2 is 2.29 bits per heavy atom. The molecule has 96 valence electrons. The van der Waals surface area contributed by atoms with Gasteiger partial charge in [-0.3, -0.25) is 4.79 Å². The molecule has 1 heterocycles. The maximum absolute atomic E-state index is 11.6. The highest BCUT2D eigenvalue weighted by Gasteiger charge is 2.09. The van der Waals surface area contributed by atoms with Gasteiger partial charge >= 0.3 is 0 Å². The van der Waals surface area contributed by atoms with Crippen molar-refractivity contribution in [2.24, 2.45) is 0 Å². The summed E-state index contributed by atoms with van der Waals surface area (Å²) in [6.45, 7) is 5.18. The second-order valence-corrected chi connectivity index (χ2v) is 4.20. The lowest BCUT2D eigenvalue weighted by molar-refractivity contribution is 0.0753. The molecule has 5 heteroatoms. The largest absolute Gasteiger partial charge is 0.455 e. The minimum Gasteiger partial charge on any atom is -0.455 e. The molecule has 0 spiro atoms. The summed E-state index contributed by atoms with van der Waals surface area (Å²) in [5.74, 6) is 0.950. The molecule has 0 aromatic carbocycles. The molecule has 0 atom stereocenters. The summed E-state index contributed by atoms with van der Waals surface area (Å²) < 4.78 is 10.6. The fourth-order valence-electron chi connectivity index (χ4n) is 1.25. The molecule has 0 aliphatic carbocycles. The number of furan rings is 1.